The van der Waals surface area contributed by atoms with E-state index in [2.05, 4.69) is 37.4 Å². The standard InChI is InChI=1S/C22H29ClN2O4S/c1-6-16-8-9-17(7-2)18(12-16)14-24-22(26)15(3)25(30(5,27)28)19-10-11-21(29-4)20(23)13-19/h8-13,15H,6-7,14H2,1-5H3,(H,24,26). The molecular weight excluding hydrogens is 424 g/mol. The van der Waals surface area contributed by atoms with E-state index in [1.807, 2.05) is 0 Å². The highest BCUT2D eigenvalue weighted by molar-refractivity contribution is 7.92. The van der Waals surface area contributed by atoms with Gasteiger partial charge in [-0.2, -0.15) is 0 Å². The highest BCUT2D eigenvalue weighted by atomic mass is 35.5. The molecule has 0 fully saturated rings. The normalized spacial score (nSPS) is 12.3. The summed E-state index contributed by atoms with van der Waals surface area (Å²) in [6.45, 7) is 6.03. The molecule has 1 N–H and O–H groups in total. The van der Waals surface area contributed by atoms with Crippen LogP contribution in [0.5, 0.6) is 5.75 Å². The Morgan fingerprint density at radius 3 is 2.37 bits per heavy atom. The van der Waals surface area contributed by atoms with E-state index < -0.39 is 22.0 Å². The van der Waals surface area contributed by atoms with Gasteiger partial charge in [-0.3, -0.25) is 9.10 Å². The van der Waals surface area contributed by atoms with Crippen molar-refractivity contribution in [3.05, 3.63) is 58.1 Å². The van der Waals surface area contributed by atoms with Gasteiger partial charge in [0.1, 0.15) is 11.8 Å². The van der Waals surface area contributed by atoms with Crippen molar-refractivity contribution in [2.45, 2.75) is 46.2 Å². The topological polar surface area (TPSA) is 75.7 Å². The average Bonchev–Trinajstić information content (AvgIpc) is 2.70. The lowest BCUT2D eigenvalue weighted by Crippen LogP contribution is -2.47. The maximum atomic E-state index is 12.9. The van der Waals surface area contributed by atoms with Crippen LogP contribution >= 0.6 is 11.6 Å². The van der Waals surface area contributed by atoms with Gasteiger partial charge in [0.2, 0.25) is 15.9 Å². The molecule has 0 radical (unpaired) electrons. The second kappa shape index (κ2) is 10.2. The molecule has 1 amide bonds. The summed E-state index contributed by atoms with van der Waals surface area (Å²) >= 11 is 6.16. The van der Waals surface area contributed by atoms with Crippen molar-refractivity contribution in [2.24, 2.45) is 0 Å². The summed E-state index contributed by atoms with van der Waals surface area (Å²) in [6.07, 6.45) is 2.82. The third kappa shape index (κ3) is 5.67. The number of carbonyl (C=O) groups is 1. The van der Waals surface area contributed by atoms with E-state index in [-0.39, 0.29) is 5.02 Å². The van der Waals surface area contributed by atoms with Crippen molar-refractivity contribution < 1.29 is 17.9 Å². The van der Waals surface area contributed by atoms with E-state index >= 15 is 0 Å². The molecule has 2 aromatic carbocycles. The van der Waals surface area contributed by atoms with Crippen LogP contribution in [-0.2, 0) is 34.2 Å². The fraction of sp³-hybridized carbons (Fsp3) is 0.409. The number of amides is 1. The van der Waals surface area contributed by atoms with Crippen molar-refractivity contribution in [3.63, 3.8) is 0 Å². The second-order valence-corrected chi connectivity index (χ2v) is 9.35. The number of benzene rings is 2. The van der Waals surface area contributed by atoms with Gasteiger partial charge < -0.3 is 10.1 Å². The Balaban J connectivity index is 2.26. The highest BCUT2D eigenvalue weighted by Gasteiger charge is 2.29. The van der Waals surface area contributed by atoms with Gasteiger partial charge >= 0.3 is 0 Å². The fourth-order valence-corrected chi connectivity index (χ4v) is 4.76. The molecule has 0 bridgehead atoms. The maximum Gasteiger partial charge on any atom is 0.243 e. The molecule has 0 aliphatic heterocycles. The number of aryl methyl sites for hydroxylation is 2. The van der Waals surface area contributed by atoms with E-state index in [1.165, 1.54) is 18.7 Å². The molecule has 2 aromatic rings. The van der Waals surface area contributed by atoms with Crippen LogP contribution in [0.4, 0.5) is 5.69 Å². The molecule has 1 atom stereocenters. The molecule has 0 saturated carbocycles. The van der Waals surface area contributed by atoms with Gasteiger partial charge in [-0.05, 0) is 54.7 Å². The lowest BCUT2D eigenvalue weighted by molar-refractivity contribution is -0.122. The molecule has 2 rings (SSSR count). The van der Waals surface area contributed by atoms with Crippen molar-refractivity contribution in [3.8, 4) is 5.75 Å². The number of nitrogens with one attached hydrogen (secondary N) is 1. The molecule has 1 unspecified atom stereocenters. The molecule has 0 heterocycles. The number of hydrogen-bond donors (Lipinski definition) is 1. The van der Waals surface area contributed by atoms with Gasteiger partial charge in [0.15, 0.2) is 0 Å². The number of anilines is 1. The fourth-order valence-electron chi connectivity index (χ4n) is 3.34. The minimum atomic E-state index is -3.73. The van der Waals surface area contributed by atoms with Crippen LogP contribution in [0, 0.1) is 0 Å². The minimum absolute atomic E-state index is 0.264. The largest absolute Gasteiger partial charge is 0.495 e. The average molecular weight is 453 g/mol. The van der Waals surface area contributed by atoms with Gasteiger partial charge in [-0.15, -0.1) is 0 Å². The van der Waals surface area contributed by atoms with Gasteiger partial charge in [0, 0.05) is 6.54 Å². The molecule has 8 heteroatoms. The van der Waals surface area contributed by atoms with Crippen molar-refractivity contribution >= 4 is 33.2 Å². The second-order valence-electron chi connectivity index (χ2n) is 7.08. The van der Waals surface area contributed by atoms with Crippen molar-refractivity contribution in [1.29, 1.82) is 0 Å². The summed E-state index contributed by atoms with van der Waals surface area (Å²) in [7, 11) is -2.26. The van der Waals surface area contributed by atoms with Gasteiger partial charge in [-0.25, -0.2) is 8.42 Å². The summed E-state index contributed by atoms with van der Waals surface area (Å²) in [6, 6.07) is 9.91. The number of hydrogen-bond acceptors (Lipinski definition) is 4. The summed E-state index contributed by atoms with van der Waals surface area (Å²) < 4.78 is 31.1. The molecule has 0 aromatic heterocycles. The smallest absolute Gasteiger partial charge is 0.243 e. The Labute approximate surface area is 184 Å². The lowest BCUT2D eigenvalue weighted by Gasteiger charge is -2.28. The quantitative estimate of drug-likeness (QED) is 0.625. The van der Waals surface area contributed by atoms with Crippen LogP contribution in [0.15, 0.2) is 36.4 Å². The number of ether oxygens (including phenoxy) is 1. The van der Waals surface area contributed by atoms with E-state index in [4.69, 9.17) is 16.3 Å². The Morgan fingerprint density at radius 1 is 1.13 bits per heavy atom. The monoisotopic (exact) mass is 452 g/mol. The first-order valence-electron chi connectivity index (χ1n) is 9.83. The Hall–Kier alpha value is -2.25. The van der Waals surface area contributed by atoms with E-state index in [0.717, 1.165) is 34.5 Å². The van der Waals surface area contributed by atoms with Gasteiger partial charge in [0.25, 0.3) is 0 Å². The van der Waals surface area contributed by atoms with E-state index in [1.54, 1.807) is 19.1 Å². The predicted molar refractivity (Wildman–Crippen MR) is 122 cm³/mol. The van der Waals surface area contributed by atoms with Crippen LogP contribution in [0.2, 0.25) is 5.02 Å². The van der Waals surface area contributed by atoms with Crippen molar-refractivity contribution in [1.82, 2.24) is 5.32 Å². The lowest BCUT2D eigenvalue weighted by atomic mass is 10.0. The first kappa shape index (κ1) is 24.0. The maximum absolute atomic E-state index is 12.9. The third-order valence-electron chi connectivity index (χ3n) is 4.99. The predicted octanol–water partition coefficient (Wildman–Crippen LogP) is 3.94. The van der Waals surface area contributed by atoms with Gasteiger partial charge in [0.05, 0.1) is 24.1 Å². The van der Waals surface area contributed by atoms with Crippen LogP contribution in [0.1, 0.15) is 37.5 Å². The summed E-state index contributed by atoms with van der Waals surface area (Å²) in [5, 5.41) is 3.15. The number of methoxy groups -OCH3 is 1. The van der Waals surface area contributed by atoms with Crippen LogP contribution in [0.3, 0.4) is 0 Å². The Kier molecular flexibility index (Phi) is 8.15. The molecule has 0 spiro atoms. The molecule has 0 aliphatic carbocycles. The first-order valence-corrected chi connectivity index (χ1v) is 12.1. The summed E-state index contributed by atoms with van der Waals surface area (Å²) in [5.41, 5.74) is 3.68. The third-order valence-corrected chi connectivity index (χ3v) is 6.53. The molecule has 164 valence electrons. The SMILES string of the molecule is CCc1ccc(CC)c(CNC(=O)C(C)N(c2ccc(OC)c(Cl)c2)S(C)(=O)=O)c1. The van der Waals surface area contributed by atoms with Gasteiger partial charge in [-0.1, -0.05) is 43.6 Å². The number of carbonyl (C=O) groups excluding carboxylic acids is 1. The number of rotatable bonds is 9. The molecule has 0 aliphatic rings. The molecule has 0 saturated heterocycles. The number of sulfonamides is 1. The summed E-state index contributed by atoms with van der Waals surface area (Å²) in [4.78, 5) is 12.9. The molecular formula is C22H29ClN2O4S. The van der Waals surface area contributed by atoms with Crippen molar-refractivity contribution in [2.75, 3.05) is 17.7 Å². The van der Waals surface area contributed by atoms with Crippen LogP contribution in [0.25, 0.3) is 0 Å². The van der Waals surface area contributed by atoms with Crippen LogP contribution < -0.4 is 14.4 Å². The number of halogens is 1. The first-order chi connectivity index (χ1) is 14.1. The zero-order chi connectivity index (χ0) is 22.5. The molecule has 30 heavy (non-hydrogen) atoms. The Morgan fingerprint density at radius 2 is 1.83 bits per heavy atom. The Bertz CT molecular complexity index is 1010. The zero-order valence-corrected chi connectivity index (χ0v) is 19.6. The van der Waals surface area contributed by atoms with E-state index in [9.17, 15) is 13.2 Å². The van der Waals surface area contributed by atoms with Crippen LogP contribution in [-0.4, -0.2) is 33.7 Å². The minimum Gasteiger partial charge on any atom is -0.495 e. The zero-order valence-electron chi connectivity index (χ0n) is 18.0. The highest BCUT2D eigenvalue weighted by Crippen LogP contribution is 2.31. The number of nitrogens with zero attached hydrogens (tertiary/aromatic N) is 1. The van der Waals surface area contributed by atoms with E-state index in [0.29, 0.717) is 18.0 Å². The summed E-state index contributed by atoms with van der Waals surface area (Å²) in [5.74, 6) is 0.0326. The molecule has 6 nitrogen and oxygen atoms in total.